The van der Waals surface area contributed by atoms with Gasteiger partial charge in [-0.1, -0.05) is 56.5 Å². The van der Waals surface area contributed by atoms with Crippen molar-refractivity contribution >= 4 is 5.97 Å². The fourth-order valence-corrected chi connectivity index (χ4v) is 2.81. The Bertz CT molecular complexity index is 391. The molecule has 2 rings (SSSR count). The molecule has 1 fully saturated rings. The molecular weight excluding hydrogens is 238 g/mol. The average Bonchev–Trinajstić information content (AvgIpc) is 2.47. The fourth-order valence-electron chi connectivity index (χ4n) is 2.81. The van der Waals surface area contributed by atoms with Crippen molar-refractivity contribution in [1.29, 1.82) is 0 Å². The van der Waals surface area contributed by atoms with Gasteiger partial charge in [0.25, 0.3) is 0 Å². The van der Waals surface area contributed by atoms with Crippen molar-refractivity contribution in [2.24, 2.45) is 0 Å². The Morgan fingerprint density at radius 2 is 1.89 bits per heavy atom. The number of benzene rings is 1. The predicted molar refractivity (Wildman–Crippen MR) is 75.7 cm³/mol. The van der Waals surface area contributed by atoms with Crippen LogP contribution in [0.25, 0.3) is 0 Å². The lowest BCUT2D eigenvalue weighted by atomic mass is 9.81. The molecule has 1 saturated carbocycles. The lowest BCUT2D eigenvalue weighted by molar-refractivity contribution is -0.154. The van der Waals surface area contributed by atoms with E-state index in [0.29, 0.717) is 6.61 Å². The number of esters is 1. The van der Waals surface area contributed by atoms with Crippen LogP contribution in [0.3, 0.4) is 0 Å². The summed E-state index contributed by atoms with van der Waals surface area (Å²) in [4.78, 5) is 12.4. The molecule has 1 aliphatic rings. The van der Waals surface area contributed by atoms with Gasteiger partial charge in [-0.25, -0.2) is 0 Å². The second kappa shape index (κ2) is 6.71. The zero-order valence-corrected chi connectivity index (χ0v) is 11.7. The van der Waals surface area contributed by atoms with E-state index in [9.17, 15) is 4.79 Å². The Morgan fingerprint density at radius 1 is 1.21 bits per heavy atom. The summed E-state index contributed by atoms with van der Waals surface area (Å²) >= 11 is 0. The molecule has 0 aromatic heterocycles. The van der Waals surface area contributed by atoms with E-state index in [0.717, 1.165) is 37.8 Å². The number of likely N-dealkylation sites (N-methyl/N-ethyl adjacent to an activating group) is 1. The van der Waals surface area contributed by atoms with Crippen molar-refractivity contribution < 1.29 is 9.53 Å². The highest BCUT2D eigenvalue weighted by molar-refractivity contribution is 5.81. The summed E-state index contributed by atoms with van der Waals surface area (Å²) in [6, 6.07) is 9.85. The van der Waals surface area contributed by atoms with Gasteiger partial charge < -0.3 is 10.1 Å². The van der Waals surface area contributed by atoms with Crippen LogP contribution in [0.5, 0.6) is 0 Å². The van der Waals surface area contributed by atoms with Gasteiger partial charge in [0, 0.05) is 0 Å². The number of nitrogens with one attached hydrogen (secondary N) is 1. The van der Waals surface area contributed by atoms with E-state index in [-0.39, 0.29) is 5.97 Å². The van der Waals surface area contributed by atoms with Crippen LogP contribution in [0, 0.1) is 0 Å². The Morgan fingerprint density at radius 3 is 2.53 bits per heavy atom. The molecule has 0 atom stereocenters. The van der Waals surface area contributed by atoms with Crippen molar-refractivity contribution in [2.45, 2.75) is 51.2 Å². The lowest BCUT2D eigenvalue weighted by Crippen LogP contribution is -2.54. The third-order valence-electron chi connectivity index (χ3n) is 3.83. The summed E-state index contributed by atoms with van der Waals surface area (Å²) in [5.41, 5.74) is 0.597. The third kappa shape index (κ3) is 3.57. The lowest BCUT2D eigenvalue weighted by Gasteiger charge is -2.35. The van der Waals surface area contributed by atoms with E-state index in [1.54, 1.807) is 0 Å². The molecule has 0 radical (unpaired) electrons. The fraction of sp³-hybridized carbons (Fsp3) is 0.562. The highest BCUT2D eigenvalue weighted by atomic mass is 16.5. The Hall–Kier alpha value is -1.35. The number of carbonyl (C=O) groups is 1. The van der Waals surface area contributed by atoms with Crippen molar-refractivity contribution in [1.82, 2.24) is 5.32 Å². The van der Waals surface area contributed by atoms with Gasteiger partial charge in [-0.2, -0.15) is 0 Å². The van der Waals surface area contributed by atoms with Gasteiger partial charge in [0.15, 0.2) is 0 Å². The Labute approximate surface area is 115 Å². The van der Waals surface area contributed by atoms with Crippen LogP contribution in [0.15, 0.2) is 30.3 Å². The molecule has 0 spiro atoms. The van der Waals surface area contributed by atoms with Crippen LogP contribution in [0.2, 0.25) is 0 Å². The van der Waals surface area contributed by atoms with Gasteiger partial charge >= 0.3 is 5.97 Å². The maximum absolute atomic E-state index is 12.4. The Balaban J connectivity index is 1.96. The summed E-state index contributed by atoms with van der Waals surface area (Å²) in [6.07, 6.45) is 5.23. The van der Waals surface area contributed by atoms with Crippen LogP contribution in [0.1, 0.15) is 44.6 Å². The first kappa shape index (κ1) is 14.1. The van der Waals surface area contributed by atoms with Gasteiger partial charge in [0.1, 0.15) is 12.1 Å². The molecule has 3 nitrogen and oxygen atoms in total. The highest BCUT2D eigenvalue weighted by Gasteiger charge is 2.40. The molecule has 3 heteroatoms. The molecule has 0 saturated heterocycles. The second-order valence-corrected chi connectivity index (χ2v) is 5.23. The van der Waals surface area contributed by atoms with Gasteiger partial charge in [-0.05, 0) is 24.9 Å². The summed E-state index contributed by atoms with van der Waals surface area (Å²) in [5, 5.41) is 3.36. The van der Waals surface area contributed by atoms with E-state index >= 15 is 0 Å². The zero-order valence-electron chi connectivity index (χ0n) is 11.7. The standard InChI is InChI=1S/C16H23NO2/c1-2-17-16(11-7-4-8-12-16)15(18)19-13-14-9-5-3-6-10-14/h3,5-6,9-10,17H,2,4,7-8,11-13H2,1H3. The predicted octanol–water partition coefficient (Wildman–Crippen LogP) is 3.04. The van der Waals surface area contributed by atoms with E-state index in [1.165, 1.54) is 6.42 Å². The van der Waals surface area contributed by atoms with E-state index in [2.05, 4.69) is 5.32 Å². The van der Waals surface area contributed by atoms with E-state index < -0.39 is 5.54 Å². The Kier molecular flexibility index (Phi) is 4.97. The number of hydrogen-bond donors (Lipinski definition) is 1. The van der Waals surface area contributed by atoms with Gasteiger partial charge in [-0.15, -0.1) is 0 Å². The molecule has 0 heterocycles. The molecule has 0 aliphatic heterocycles. The molecular formula is C16H23NO2. The van der Waals surface area contributed by atoms with Gasteiger partial charge in [0.2, 0.25) is 0 Å². The molecule has 1 aliphatic carbocycles. The van der Waals surface area contributed by atoms with Crippen molar-refractivity contribution in [3.05, 3.63) is 35.9 Å². The molecule has 0 bridgehead atoms. The average molecular weight is 261 g/mol. The molecule has 0 amide bonds. The molecule has 1 aromatic carbocycles. The second-order valence-electron chi connectivity index (χ2n) is 5.23. The normalized spacial score (nSPS) is 17.9. The van der Waals surface area contributed by atoms with Gasteiger partial charge in [-0.3, -0.25) is 4.79 Å². The largest absolute Gasteiger partial charge is 0.459 e. The third-order valence-corrected chi connectivity index (χ3v) is 3.83. The van der Waals surface area contributed by atoms with E-state index in [1.807, 2.05) is 37.3 Å². The minimum Gasteiger partial charge on any atom is -0.459 e. The van der Waals surface area contributed by atoms with Crippen LogP contribution >= 0.6 is 0 Å². The summed E-state index contributed by atoms with van der Waals surface area (Å²) in [7, 11) is 0. The van der Waals surface area contributed by atoms with E-state index in [4.69, 9.17) is 4.74 Å². The number of rotatable bonds is 5. The van der Waals surface area contributed by atoms with Crippen LogP contribution in [-0.2, 0) is 16.1 Å². The molecule has 104 valence electrons. The number of carbonyl (C=O) groups excluding carboxylic acids is 1. The van der Waals surface area contributed by atoms with Crippen molar-refractivity contribution in [3.8, 4) is 0 Å². The molecule has 0 unspecified atom stereocenters. The summed E-state index contributed by atoms with van der Waals surface area (Å²) < 4.78 is 5.52. The molecule has 1 N–H and O–H groups in total. The number of ether oxygens (including phenoxy) is 1. The van der Waals surface area contributed by atoms with Crippen LogP contribution in [0.4, 0.5) is 0 Å². The van der Waals surface area contributed by atoms with Crippen molar-refractivity contribution in [3.63, 3.8) is 0 Å². The van der Waals surface area contributed by atoms with Crippen LogP contribution in [-0.4, -0.2) is 18.1 Å². The first-order valence-corrected chi connectivity index (χ1v) is 7.23. The van der Waals surface area contributed by atoms with Gasteiger partial charge in [0.05, 0.1) is 0 Å². The SMILES string of the molecule is CCNC1(C(=O)OCc2ccccc2)CCCCC1. The monoisotopic (exact) mass is 261 g/mol. The maximum Gasteiger partial charge on any atom is 0.326 e. The first-order chi connectivity index (χ1) is 9.27. The zero-order chi connectivity index (χ0) is 13.6. The van der Waals surface area contributed by atoms with Crippen LogP contribution < -0.4 is 5.32 Å². The number of hydrogen-bond acceptors (Lipinski definition) is 3. The summed E-state index contributed by atoms with van der Waals surface area (Å²) in [6.45, 7) is 3.22. The van der Waals surface area contributed by atoms with Crippen molar-refractivity contribution in [2.75, 3.05) is 6.54 Å². The summed E-state index contributed by atoms with van der Waals surface area (Å²) in [5.74, 6) is -0.0853. The molecule has 19 heavy (non-hydrogen) atoms. The quantitative estimate of drug-likeness (QED) is 0.828. The highest BCUT2D eigenvalue weighted by Crippen LogP contribution is 2.29. The molecule has 1 aromatic rings. The topological polar surface area (TPSA) is 38.3 Å². The minimum absolute atomic E-state index is 0.0853. The maximum atomic E-state index is 12.4. The smallest absolute Gasteiger partial charge is 0.326 e. The first-order valence-electron chi connectivity index (χ1n) is 7.23. The minimum atomic E-state index is -0.443.